The molecule has 0 unspecified atom stereocenters. The Labute approximate surface area is 209 Å². The van der Waals surface area contributed by atoms with Crippen LogP contribution in [0.2, 0.25) is 5.02 Å². The van der Waals surface area contributed by atoms with Crippen molar-refractivity contribution in [2.75, 3.05) is 0 Å². The second-order valence-electron chi connectivity index (χ2n) is 9.16. The minimum atomic E-state index is -0.219. The molecule has 0 bridgehead atoms. The molecule has 5 nitrogen and oxygen atoms in total. The van der Waals surface area contributed by atoms with Gasteiger partial charge >= 0.3 is 0 Å². The lowest BCUT2D eigenvalue weighted by molar-refractivity contribution is 0.556. The van der Waals surface area contributed by atoms with Gasteiger partial charge in [-0.1, -0.05) is 74.3 Å². The zero-order chi connectivity index (χ0) is 24.4. The Bertz CT molecular complexity index is 1500. The van der Waals surface area contributed by atoms with E-state index in [1.807, 2.05) is 59.2 Å². The zero-order valence-corrected chi connectivity index (χ0v) is 20.6. The van der Waals surface area contributed by atoms with E-state index in [1.54, 1.807) is 23.0 Å². The van der Waals surface area contributed by atoms with E-state index in [4.69, 9.17) is 16.6 Å². The van der Waals surface area contributed by atoms with Crippen LogP contribution in [0.3, 0.4) is 0 Å². The van der Waals surface area contributed by atoms with Crippen molar-refractivity contribution in [3.05, 3.63) is 106 Å². The number of nitrogens with zero attached hydrogens (tertiary/aromatic N) is 4. The lowest BCUT2D eigenvalue weighted by atomic mass is 10.0. The van der Waals surface area contributed by atoms with E-state index in [0.717, 1.165) is 24.1 Å². The maximum Gasteiger partial charge on any atom is 0.286 e. The number of para-hydroxylation sites is 1. The van der Waals surface area contributed by atoms with Crippen molar-refractivity contribution in [3.8, 4) is 22.8 Å². The second kappa shape index (κ2) is 9.88. The monoisotopic (exact) mass is 482 g/mol. The largest absolute Gasteiger partial charge is 0.286 e. The van der Waals surface area contributed by atoms with Gasteiger partial charge in [0.15, 0.2) is 11.2 Å². The van der Waals surface area contributed by atoms with Crippen LogP contribution in [0.5, 0.6) is 0 Å². The molecule has 0 fully saturated rings. The molecule has 0 amide bonds. The third kappa shape index (κ3) is 4.77. The summed E-state index contributed by atoms with van der Waals surface area (Å²) in [7, 11) is 0. The highest BCUT2D eigenvalue weighted by molar-refractivity contribution is 6.30. The van der Waals surface area contributed by atoms with E-state index in [0.29, 0.717) is 33.6 Å². The molecule has 0 spiro atoms. The van der Waals surface area contributed by atoms with E-state index in [1.165, 1.54) is 12.0 Å². The Morgan fingerprint density at radius 1 is 0.886 bits per heavy atom. The molecule has 6 heteroatoms. The fraction of sp³-hybridized carbons (Fsp3) is 0.207. The molecule has 0 atom stereocenters. The summed E-state index contributed by atoms with van der Waals surface area (Å²) in [5, 5.41) is 0.608. The molecule has 2 heterocycles. The number of halogens is 1. The Morgan fingerprint density at radius 3 is 2.29 bits per heavy atom. The molecule has 0 aliphatic carbocycles. The van der Waals surface area contributed by atoms with Gasteiger partial charge in [-0.05, 0) is 60.7 Å². The van der Waals surface area contributed by atoms with Crippen molar-refractivity contribution in [1.29, 1.82) is 0 Å². The van der Waals surface area contributed by atoms with Gasteiger partial charge in [-0.2, -0.15) is 0 Å². The van der Waals surface area contributed by atoms with Crippen LogP contribution in [0.4, 0.5) is 0 Å². The van der Waals surface area contributed by atoms with Crippen molar-refractivity contribution in [2.24, 2.45) is 5.92 Å². The fourth-order valence-electron chi connectivity index (χ4n) is 4.29. The van der Waals surface area contributed by atoms with Crippen molar-refractivity contribution in [3.63, 3.8) is 0 Å². The molecule has 0 saturated heterocycles. The Morgan fingerprint density at radius 2 is 1.60 bits per heavy atom. The summed E-state index contributed by atoms with van der Waals surface area (Å²) in [4.78, 5) is 23.2. The van der Waals surface area contributed by atoms with E-state index < -0.39 is 0 Å². The smallest absolute Gasteiger partial charge is 0.283 e. The van der Waals surface area contributed by atoms with Crippen molar-refractivity contribution in [2.45, 2.75) is 33.1 Å². The van der Waals surface area contributed by atoms with Crippen LogP contribution in [0.1, 0.15) is 32.3 Å². The molecular weight excluding hydrogens is 456 g/mol. The molecular formula is C29H27ClN4O. The van der Waals surface area contributed by atoms with Crippen molar-refractivity contribution in [1.82, 2.24) is 19.1 Å². The molecule has 0 aliphatic rings. The summed E-state index contributed by atoms with van der Waals surface area (Å²) in [6.45, 7) is 4.50. The summed E-state index contributed by atoms with van der Waals surface area (Å²) >= 11 is 6.12. The van der Waals surface area contributed by atoms with Crippen molar-refractivity contribution < 1.29 is 0 Å². The predicted octanol–water partition coefficient (Wildman–Crippen LogP) is 6.87. The Hall–Kier alpha value is -3.70. The van der Waals surface area contributed by atoms with Gasteiger partial charge in [0.2, 0.25) is 0 Å². The van der Waals surface area contributed by atoms with Gasteiger partial charge in [0.05, 0.1) is 5.69 Å². The van der Waals surface area contributed by atoms with Crippen LogP contribution in [0.15, 0.2) is 90.0 Å². The van der Waals surface area contributed by atoms with Gasteiger partial charge in [-0.3, -0.25) is 13.9 Å². The summed E-state index contributed by atoms with van der Waals surface area (Å²) < 4.78 is 3.47. The average Bonchev–Trinajstić information content (AvgIpc) is 3.30. The van der Waals surface area contributed by atoms with E-state index in [-0.39, 0.29) is 5.56 Å². The molecule has 5 rings (SSSR count). The highest BCUT2D eigenvalue weighted by atomic mass is 35.5. The molecule has 0 aliphatic heterocycles. The lowest BCUT2D eigenvalue weighted by Crippen LogP contribution is -2.22. The number of aryl methyl sites for hydroxylation is 1. The van der Waals surface area contributed by atoms with Gasteiger partial charge in [0.1, 0.15) is 12.2 Å². The van der Waals surface area contributed by atoms with E-state index in [2.05, 4.69) is 31.0 Å². The molecule has 3 aromatic carbocycles. The highest BCUT2D eigenvalue weighted by Gasteiger charge is 2.19. The van der Waals surface area contributed by atoms with E-state index >= 15 is 0 Å². The quantitative estimate of drug-likeness (QED) is 0.254. The molecule has 35 heavy (non-hydrogen) atoms. The second-order valence-corrected chi connectivity index (χ2v) is 9.59. The Kier molecular flexibility index (Phi) is 6.51. The zero-order valence-electron chi connectivity index (χ0n) is 19.9. The predicted molar refractivity (Wildman–Crippen MR) is 143 cm³/mol. The van der Waals surface area contributed by atoms with Crippen LogP contribution in [0.25, 0.3) is 33.9 Å². The molecule has 0 N–H and O–H groups in total. The average molecular weight is 483 g/mol. The van der Waals surface area contributed by atoms with Gasteiger partial charge in [0.25, 0.3) is 5.56 Å². The standard InChI is InChI=1S/C29H27ClN4O/c1-20(2)7-6-8-21-11-13-22(14-12-21)27-32-28-26(31-19-33(28)24-9-4-3-5-10-24)29(35)34(27)25-17-15-23(30)16-18-25/h3-5,9-20H,6-8H2,1-2H3. The van der Waals surface area contributed by atoms with Crippen LogP contribution < -0.4 is 5.56 Å². The maximum atomic E-state index is 13.7. The molecule has 0 radical (unpaired) electrons. The van der Waals surface area contributed by atoms with Crippen LogP contribution in [-0.4, -0.2) is 19.1 Å². The van der Waals surface area contributed by atoms with Crippen molar-refractivity contribution >= 4 is 22.8 Å². The summed E-state index contributed by atoms with van der Waals surface area (Å²) in [5.74, 6) is 1.27. The van der Waals surface area contributed by atoms with Gasteiger partial charge in [-0.25, -0.2) is 9.97 Å². The first-order valence-corrected chi connectivity index (χ1v) is 12.3. The molecule has 0 saturated carbocycles. The fourth-order valence-corrected chi connectivity index (χ4v) is 4.41. The first-order chi connectivity index (χ1) is 17.0. The van der Waals surface area contributed by atoms with Crippen LogP contribution >= 0.6 is 11.6 Å². The lowest BCUT2D eigenvalue weighted by Gasteiger charge is -2.14. The summed E-state index contributed by atoms with van der Waals surface area (Å²) in [5.41, 5.74) is 4.37. The molecule has 2 aromatic heterocycles. The highest BCUT2D eigenvalue weighted by Crippen LogP contribution is 2.25. The number of imidazole rings is 1. The maximum absolute atomic E-state index is 13.7. The van der Waals surface area contributed by atoms with E-state index in [9.17, 15) is 4.79 Å². The number of aromatic nitrogens is 4. The number of hydrogen-bond donors (Lipinski definition) is 0. The third-order valence-electron chi connectivity index (χ3n) is 6.15. The number of rotatable bonds is 7. The van der Waals surface area contributed by atoms with Gasteiger partial charge in [0, 0.05) is 16.3 Å². The van der Waals surface area contributed by atoms with Crippen LogP contribution in [-0.2, 0) is 6.42 Å². The number of hydrogen-bond acceptors (Lipinski definition) is 3. The Balaban J connectivity index is 1.66. The topological polar surface area (TPSA) is 52.7 Å². The van der Waals surface area contributed by atoms with Gasteiger partial charge < -0.3 is 0 Å². The summed E-state index contributed by atoms with van der Waals surface area (Å²) in [6, 6.07) is 25.4. The molecule has 176 valence electrons. The SMILES string of the molecule is CC(C)CCCc1ccc(-c2nc3c(ncn3-c3ccccc3)c(=O)n2-c2ccc(Cl)cc2)cc1. The normalized spacial score (nSPS) is 11.4. The van der Waals surface area contributed by atoms with Gasteiger partial charge in [-0.15, -0.1) is 0 Å². The summed E-state index contributed by atoms with van der Waals surface area (Å²) in [6.07, 6.45) is 5.06. The third-order valence-corrected chi connectivity index (χ3v) is 6.40. The number of fused-ring (bicyclic) bond motifs is 1. The minimum Gasteiger partial charge on any atom is -0.283 e. The van der Waals surface area contributed by atoms with Crippen LogP contribution in [0, 0.1) is 5.92 Å². The minimum absolute atomic E-state index is 0.219. The number of benzene rings is 3. The molecule has 5 aromatic rings. The first-order valence-electron chi connectivity index (χ1n) is 11.9. The first kappa shape index (κ1) is 23.1.